The molecule has 4 aromatic rings. The summed E-state index contributed by atoms with van der Waals surface area (Å²) < 4.78 is 82.4. The monoisotopic (exact) mass is 980 g/mol. The number of fused-ring (bicyclic) bond motifs is 6. The Morgan fingerprint density at radius 2 is 1.00 bits per heavy atom. The number of alkyl halides is 6. The second-order valence-electron chi connectivity index (χ2n) is 18.1. The number of likely N-dealkylation sites (tertiary alicyclic amines) is 2. The second-order valence-corrected chi connectivity index (χ2v) is 18.1. The number of allylic oxidation sites excluding steroid dienone is 2. The van der Waals surface area contributed by atoms with Crippen LogP contribution in [0.15, 0.2) is 95.1 Å². The zero-order chi connectivity index (χ0) is 50.3. The first-order chi connectivity index (χ1) is 33.5. The Morgan fingerprint density at radius 1 is 0.629 bits per heavy atom. The predicted molar refractivity (Wildman–Crippen MR) is 249 cm³/mol. The maximum absolute atomic E-state index is 13.3. The van der Waals surface area contributed by atoms with E-state index < -0.39 is 86.1 Å². The molecule has 2 saturated heterocycles. The zero-order valence-electron chi connectivity index (χ0n) is 38.8. The fraction of sp³-hybridized carbons (Fsp3) is 0.480. The molecule has 4 aliphatic rings. The number of rotatable bonds is 16. The molecule has 0 aliphatic carbocycles. The first kappa shape index (κ1) is 51.9. The van der Waals surface area contributed by atoms with Crippen molar-refractivity contribution in [1.29, 1.82) is 0 Å². The van der Waals surface area contributed by atoms with Gasteiger partial charge in [0.05, 0.1) is 37.0 Å². The molecule has 8 heterocycles. The molecule has 0 spiro atoms. The Hall–Kier alpha value is -5.96. The van der Waals surface area contributed by atoms with Gasteiger partial charge in [-0.25, -0.2) is 0 Å². The minimum atomic E-state index is -4.40. The average Bonchev–Trinajstić information content (AvgIpc) is 4.07. The minimum Gasteiger partial charge on any atom is -0.396 e. The van der Waals surface area contributed by atoms with Crippen LogP contribution in [0.3, 0.4) is 0 Å². The molecule has 0 radical (unpaired) electrons. The lowest BCUT2D eigenvalue weighted by Gasteiger charge is -2.31. The lowest BCUT2D eigenvalue weighted by molar-refractivity contribution is -0.143. The molecule has 4 N–H and O–H groups in total. The summed E-state index contributed by atoms with van der Waals surface area (Å²) in [5.74, 6) is -2.71. The van der Waals surface area contributed by atoms with Crippen molar-refractivity contribution in [3.8, 4) is 0 Å². The van der Waals surface area contributed by atoms with Crippen LogP contribution >= 0.6 is 0 Å². The van der Waals surface area contributed by atoms with E-state index in [-0.39, 0.29) is 49.3 Å². The third kappa shape index (κ3) is 11.5. The van der Waals surface area contributed by atoms with Crippen LogP contribution < -0.4 is 21.8 Å². The predicted octanol–water partition coefficient (Wildman–Crippen LogP) is 5.10. The van der Waals surface area contributed by atoms with Crippen molar-refractivity contribution in [3.05, 3.63) is 140 Å². The van der Waals surface area contributed by atoms with Gasteiger partial charge in [-0.15, -0.1) is 0 Å². The number of aliphatic hydroxyl groups excluding tert-OH is 2. The van der Waals surface area contributed by atoms with Crippen LogP contribution in [0.4, 0.5) is 26.3 Å². The largest absolute Gasteiger partial charge is 0.396 e. The van der Waals surface area contributed by atoms with Crippen LogP contribution in [0.5, 0.6) is 0 Å². The van der Waals surface area contributed by atoms with E-state index in [9.17, 15) is 55.7 Å². The van der Waals surface area contributed by atoms with Crippen LogP contribution in [0.1, 0.15) is 72.4 Å². The minimum absolute atomic E-state index is 0.221. The van der Waals surface area contributed by atoms with Crippen molar-refractivity contribution in [3.63, 3.8) is 0 Å². The fourth-order valence-electron chi connectivity index (χ4n) is 10.9. The van der Waals surface area contributed by atoms with Crippen molar-refractivity contribution >= 4 is 24.0 Å². The molecule has 376 valence electrons. The zero-order valence-corrected chi connectivity index (χ0v) is 38.8. The highest BCUT2D eigenvalue weighted by molar-refractivity contribution is 5.83. The number of nitrogens with zero attached hydrogens (tertiary/aromatic N) is 6. The number of nitrogens with one attached hydrogen (secondary N) is 2. The number of carbonyl (C=O) groups is 2. The van der Waals surface area contributed by atoms with Crippen molar-refractivity contribution < 1.29 is 46.1 Å². The molecule has 8 atom stereocenters. The van der Waals surface area contributed by atoms with Gasteiger partial charge in [-0.3, -0.25) is 38.9 Å². The fourth-order valence-corrected chi connectivity index (χ4v) is 10.9. The second kappa shape index (κ2) is 22.4. The number of hydrogen-bond donors (Lipinski definition) is 4. The van der Waals surface area contributed by atoms with E-state index in [0.29, 0.717) is 48.4 Å². The van der Waals surface area contributed by atoms with Gasteiger partial charge >= 0.3 is 12.4 Å². The highest BCUT2D eigenvalue weighted by Crippen LogP contribution is 2.51. The van der Waals surface area contributed by atoms with Crippen LogP contribution in [-0.4, -0.2) is 115 Å². The summed E-state index contributed by atoms with van der Waals surface area (Å²) in [6, 6.07) is 11.2. The lowest BCUT2D eigenvalue weighted by Crippen LogP contribution is -2.49. The molecule has 2 fully saturated rings. The number of hydrogen-bond acceptors (Lipinski definition) is 10. The molecular weight excluding hydrogens is 923 g/mol. The lowest BCUT2D eigenvalue weighted by atomic mass is 9.88. The molecule has 20 heteroatoms. The summed E-state index contributed by atoms with van der Waals surface area (Å²) in [6.07, 6.45) is 3.59. The number of halogens is 6. The van der Waals surface area contributed by atoms with Crippen LogP contribution in [-0.2, 0) is 35.5 Å². The molecular formula is C50H58F6N8O6. The summed E-state index contributed by atoms with van der Waals surface area (Å²) in [7, 11) is 0. The van der Waals surface area contributed by atoms with E-state index in [1.165, 1.54) is 9.80 Å². The highest BCUT2D eigenvalue weighted by Gasteiger charge is 2.57. The molecule has 2 amide bonds. The molecule has 0 saturated carbocycles. The maximum atomic E-state index is 13.3. The molecule has 0 bridgehead atoms. The van der Waals surface area contributed by atoms with E-state index in [1.54, 1.807) is 96.3 Å². The third-order valence-corrected chi connectivity index (χ3v) is 13.9. The molecule has 0 unspecified atom stereocenters. The number of aliphatic hydroxyl groups is 2. The van der Waals surface area contributed by atoms with Gasteiger partial charge in [0.25, 0.3) is 11.1 Å². The number of pyridine rings is 4. The van der Waals surface area contributed by atoms with Crippen molar-refractivity contribution in [1.82, 2.24) is 39.5 Å². The Labute approximate surface area is 400 Å². The topological polar surface area (TPSA) is 175 Å². The SMILES string of the molecule is C/C=C/c1ccc2n(c1=O)C[C@@H]1[C@@H](CO)[C@H](C(=O)NCCc3ccncc3)N(CCC(F)(F)F)[C@H]21.C/C=C\c1ccc2n(c1=O)C[C@@H]1[C@@H](CO)[C@H](C(=O)NCCc3ccncc3)N(CCC(F)(F)F)[C@H]21. The van der Waals surface area contributed by atoms with E-state index in [1.807, 2.05) is 24.3 Å². The highest BCUT2D eigenvalue weighted by atomic mass is 19.4. The molecule has 0 aromatic carbocycles. The van der Waals surface area contributed by atoms with E-state index in [0.717, 1.165) is 11.1 Å². The van der Waals surface area contributed by atoms with Crippen LogP contribution in [0.25, 0.3) is 12.2 Å². The summed E-state index contributed by atoms with van der Waals surface area (Å²) in [4.78, 5) is 63.4. The first-order valence-corrected chi connectivity index (χ1v) is 23.4. The van der Waals surface area contributed by atoms with Gasteiger partial charge in [0.15, 0.2) is 0 Å². The summed E-state index contributed by atoms with van der Waals surface area (Å²) >= 11 is 0. The van der Waals surface area contributed by atoms with Crippen molar-refractivity contribution in [2.24, 2.45) is 23.7 Å². The average molecular weight is 981 g/mol. The molecule has 4 aliphatic heterocycles. The van der Waals surface area contributed by atoms with E-state index in [4.69, 9.17) is 0 Å². The van der Waals surface area contributed by atoms with Gasteiger partial charge in [-0.05, 0) is 86.3 Å². The normalized spacial score (nSPS) is 24.0. The quantitative estimate of drug-likeness (QED) is 0.111. The number of carbonyl (C=O) groups excluding carboxylic acids is 2. The molecule has 8 rings (SSSR count). The first-order valence-electron chi connectivity index (χ1n) is 23.4. The molecule has 4 aromatic heterocycles. The van der Waals surface area contributed by atoms with Gasteiger partial charge in [0, 0.05) is 123 Å². The van der Waals surface area contributed by atoms with Gasteiger partial charge in [0.2, 0.25) is 11.8 Å². The van der Waals surface area contributed by atoms with Crippen molar-refractivity contribution in [2.75, 3.05) is 39.4 Å². The smallest absolute Gasteiger partial charge is 0.390 e. The number of amides is 2. The van der Waals surface area contributed by atoms with Gasteiger partial charge < -0.3 is 30.0 Å². The van der Waals surface area contributed by atoms with Gasteiger partial charge in [0.1, 0.15) is 0 Å². The Bertz CT molecular complexity index is 2450. The van der Waals surface area contributed by atoms with Crippen LogP contribution in [0.2, 0.25) is 0 Å². The van der Waals surface area contributed by atoms with Crippen LogP contribution in [0, 0.1) is 23.7 Å². The molecule has 14 nitrogen and oxygen atoms in total. The maximum Gasteiger partial charge on any atom is 0.390 e. The Morgan fingerprint density at radius 3 is 1.33 bits per heavy atom. The van der Waals surface area contributed by atoms with E-state index >= 15 is 0 Å². The van der Waals surface area contributed by atoms with Crippen molar-refractivity contribution in [2.45, 2.75) is 89.1 Å². The summed E-state index contributed by atoms with van der Waals surface area (Å²) in [5.41, 5.74) is 3.65. The Kier molecular flexibility index (Phi) is 16.6. The Balaban J connectivity index is 0.000000206. The standard InChI is InChI=1S/2C25H29F3N4O3/c2*1-2-3-17-4-5-20-21-18(14-32(20)24(17)35)19(15-33)22(31(21)13-9-25(26,27)28)23(34)30-12-8-16-6-10-29-11-7-16/h2*2-7,10-11,18-19,21-22,33H,8-9,12-15H2,1H3,(H,30,34)/b3-2+;3-2-/t2*18-,19-,21+,22-/m11/s1. The molecule has 70 heavy (non-hydrogen) atoms. The van der Waals surface area contributed by atoms with Gasteiger partial charge in [-0.2, -0.15) is 26.3 Å². The van der Waals surface area contributed by atoms with Gasteiger partial charge in [-0.1, -0.05) is 24.3 Å². The van der Waals surface area contributed by atoms with E-state index in [2.05, 4.69) is 20.6 Å². The summed E-state index contributed by atoms with van der Waals surface area (Å²) in [6.45, 7) is 3.19. The number of aromatic nitrogens is 4. The summed E-state index contributed by atoms with van der Waals surface area (Å²) in [5, 5.41) is 26.2. The third-order valence-electron chi connectivity index (χ3n) is 13.9.